The summed E-state index contributed by atoms with van der Waals surface area (Å²) >= 11 is 0. The Kier molecular flexibility index (Phi) is 6.67. The normalized spacial score (nSPS) is 16.9. The van der Waals surface area contributed by atoms with E-state index in [0.717, 1.165) is 22.4 Å². The lowest BCUT2D eigenvalue weighted by Gasteiger charge is -2.24. The van der Waals surface area contributed by atoms with Crippen LogP contribution in [0.2, 0.25) is 0 Å². The fourth-order valence-corrected chi connectivity index (χ4v) is 4.11. The van der Waals surface area contributed by atoms with Crippen molar-refractivity contribution in [1.82, 2.24) is 14.7 Å². The number of amides is 2. The summed E-state index contributed by atoms with van der Waals surface area (Å²) in [6, 6.07) is 13.3. The number of carbonyl (C=O) groups is 1. The molecule has 1 N–H and O–H groups in total. The number of aryl methyl sites for hydroxylation is 2. The van der Waals surface area contributed by atoms with Crippen molar-refractivity contribution in [3.63, 3.8) is 0 Å². The Morgan fingerprint density at radius 3 is 2.40 bits per heavy atom. The maximum absolute atomic E-state index is 13.1. The molecular weight excluding hydrogens is 402 g/mol. The second kappa shape index (κ2) is 9.06. The van der Waals surface area contributed by atoms with E-state index in [1.165, 1.54) is 10.6 Å². The molecule has 0 spiro atoms. The largest absolute Gasteiger partial charge is 0.497 e. The number of benzene rings is 2. The van der Waals surface area contributed by atoms with Gasteiger partial charge in [0.05, 0.1) is 25.4 Å². The monoisotopic (exact) mass is 431 g/mol. The number of rotatable bonds is 8. The summed E-state index contributed by atoms with van der Waals surface area (Å²) in [5.41, 5.74) is 4.40. The molecule has 0 saturated carbocycles. The minimum atomic E-state index is -3.54. The molecule has 8 heteroatoms. The molecule has 0 bridgehead atoms. The highest BCUT2D eigenvalue weighted by Crippen LogP contribution is 2.30. The molecule has 2 aromatic carbocycles. The highest BCUT2D eigenvalue weighted by Gasteiger charge is 2.39. The molecule has 0 radical (unpaired) electrons. The SMILES string of the molecule is CCS(=O)(=O)NN1CC(c2ccc(C)c(C)c2)N(CCc2ccc(OC)cc2)C1=O. The van der Waals surface area contributed by atoms with E-state index in [4.69, 9.17) is 4.74 Å². The van der Waals surface area contributed by atoms with Crippen LogP contribution in [0.5, 0.6) is 5.75 Å². The lowest BCUT2D eigenvalue weighted by molar-refractivity contribution is 0.182. The first-order chi connectivity index (χ1) is 14.2. The van der Waals surface area contributed by atoms with Gasteiger partial charge in [-0.2, -0.15) is 0 Å². The van der Waals surface area contributed by atoms with Crippen molar-refractivity contribution in [3.8, 4) is 5.75 Å². The maximum Gasteiger partial charge on any atom is 0.335 e. The smallest absolute Gasteiger partial charge is 0.335 e. The Balaban J connectivity index is 1.84. The Labute approximate surface area is 178 Å². The van der Waals surface area contributed by atoms with Gasteiger partial charge < -0.3 is 9.64 Å². The van der Waals surface area contributed by atoms with Crippen LogP contribution in [0.1, 0.15) is 35.2 Å². The first kappa shape index (κ1) is 22.1. The number of hydrogen-bond acceptors (Lipinski definition) is 4. The predicted molar refractivity (Wildman–Crippen MR) is 117 cm³/mol. The van der Waals surface area contributed by atoms with Gasteiger partial charge >= 0.3 is 6.03 Å². The van der Waals surface area contributed by atoms with E-state index in [1.807, 2.05) is 50.2 Å². The predicted octanol–water partition coefficient (Wildman–Crippen LogP) is 3.19. The fraction of sp³-hybridized carbons (Fsp3) is 0.409. The minimum Gasteiger partial charge on any atom is -0.497 e. The molecule has 30 heavy (non-hydrogen) atoms. The van der Waals surface area contributed by atoms with E-state index in [1.54, 1.807) is 18.9 Å². The standard InChI is InChI=1S/C22H29N3O4S/c1-5-30(27,28)23-25-15-21(19-9-6-16(2)17(3)14-19)24(22(25)26)13-12-18-7-10-20(29-4)11-8-18/h6-11,14,21,23H,5,12-13,15H2,1-4H3. The van der Waals surface area contributed by atoms with Crippen molar-refractivity contribution < 1.29 is 17.9 Å². The number of hydrogen-bond donors (Lipinski definition) is 1. The molecule has 1 unspecified atom stereocenters. The van der Waals surface area contributed by atoms with Gasteiger partial charge in [0, 0.05) is 6.54 Å². The molecule has 1 atom stereocenters. The molecule has 1 heterocycles. The summed E-state index contributed by atoms with van der Waals surface area (Å²) < 4.78 is 29.3. The van der Waals surface area contributed by atoms with Crippen molar-refractivity contribution >= 4 is 16.1 Å². The van der Waals surface area contributed by atoms with Crippen molar-refractivity contribution in [3.05, 3.63) is 64.7 Å². The van der Waals surface area contributed by atoms with Crippen LogP contribution in [-0.2, 0) is 16.4 Å². The molecule has 1 fully saturated rings. The third-order valence-electron chi connectivity index (χ3n) is 5.55. The van der Waals surface area contributed by atoms with Gasteiger partial charge in [-0.05, 0) is 61.6 Å². The average molecular weight is 432 g/mol. The number of methoxy groups -OCH3 is 1. The molecule has 3 rings (SSSR count). The molecular formula is C22H29N3O4S. The molecule has 7 nitrogen and oxygen atoms in total. The van der Waals surface area contributed by atoms with Crippen molar-refractivity contribution in [2.24, 2.45) is 0 Å². The van der Waals surface area contributed by atoms with E-state index in [2.05, 4.69) is 10.9 Å². The van der Waals surface area contributed by atoms with Crippen LogP contribution >= 0.6 is 0 Å². The van der Waals surface area contributed by atoms with Crippen LogP contribution < -0.4 is 9.57 Å². The number of urea groups is 1. The Bertz CT molecular complexity index is 1010. The summed E-state index contributed by atoms with van der Waals surface area (Å²) in [4.78, 5) is 17.2. The van der Waals surface area contributed by atoms with E-state index >= 15 is 0 Å². The van der Waals surface area contributed by atoms with Gasteiger partial charge in [-0.3, -0.25) is 0 Å². The topological polar surface area (TPSA) is 79.0 Å². The maximum atomic E-state index is 13.1. The molecule has 1 aliphatic heterocycles. The summed E-state index contributed by atoms with van der Waals surface area (Å²) in [6.45, 7) is 6.37. The van der Waals surface area contributed by atoms with Gasteiger partial charge in [0.1, 0.15) is 5.75 Å². The van der Waals surface area contributed by atoms with E-state index in [0.29, 0.717) is 13.0 Å². The number of hydrazine groups is 1. The van der Waals surface area contributed by atoms with Gasteiger partial charge in [-0.25, -0.2) is 18.2 Å². The lowest BCUT2D eigenvalue weighted by atomic mass is 10.0. The Morgan fingerprint density at radius 1 is 1.10 bits per heavy atom. The zero-order valence-corrected chi connectivity index (χ0v) is 18.7. The minimum absolute atomic E-state index is 0.0864. The van der Waals surface area contributed by atoms with Crippen LogP contribution in [0.3, 0.4) is 0 Å². The molecule has 0 aromatic heterocycles. The molecule has 1 saturated heterocycles. The summed E-state index contributed by atoms with van der Waals surface area (Å²) in [7, 11) is -1.92. The van der Waals surface area contributed by atoms with Crippen LogP contribution in [-0.4, -0.2) is 50.3 Å². The van der Waals surface area contributed by atoms with Gasteiger partial charge in [0.15, 0.2) is 0 Å². The summed E-state index contributed by atoms with van der Waals surface area (Å²) in [6.07, 6.45) is 0.658. The van der Waals surface area contributed by atoms with Crippen molar-refractivity contribution in [2.75, 3.05) is 26.0 Å². The van der Waals surface area contributed by atoms with Gasteiger partial charge in [-0.1, -0.05) is 30.3 Å². The average Bonchev–Trinajstić information content (AvgIpc) is 3.03. The third kappa shape index (κ3) is 4.94. The molecule has 162 valence electrons. The highest BCUT2D eigenvalue weighted by molar-refractivity contribution is 7.89. The number of nitrogens with one attached hydrogen (secondary N) is 1. The van der Waals surface area contributed by atoms with Crippen molar-refractivity contribution in [2.45, 2.75) is 33.2 Å². The second-order valence-corrected chi connectivity index (χ2v) is 9.53. The van der Waals surface area contributed by atoms with Crippen LogP contribution in [0.4, 0.5) is 4.79 Å². The third-order valence-corrected chi connectivity index (χ3v) is 6.81. The molecule has 1 aliphatic rings. The lowest BCUT2D eigenvalue weighted by Crippen LogP contribution is -2.45. The summed E-state index contributed by atoms with van der Waals surface area (Å²) in [5.74, 6) is 0.695. The van der Waals surface area contributed by atoms with E-state index < -0.39 is 10.0 Å². The van der Waals surface area contributed by atoms with Crippen LogP contribution in [0, 0.1) is 13.8 Å². The van der Waals surface area contributed by atoms with E-state index in [-0.39, 0.29) is 24.4 Å². The first-order valence-electron chi connectivity index (χ1n) is 10.0. The summed E-state index contributed by atoms with van der Waals surface area (Å²) in [5, 5.41) is 1.21. The number of sulfonamides is 1. The number of nitrogens with zero attached hydrogens (tertiary/aromatic N) is 2. The Morgan fingerprint density at radius 2 is 1.80 bits per heavy atom. The zero-order valence-electron chi connectivity index (χ0n) is 17.9. The first-order valence-corrected chi connectivity index (χ1v) is 11.7. The van der Waals surface area contributed by atoms with Gasteiger partial charge in [0.2, 0.25) is 10.0 Å². The molecule has 2 amide bonds. The van der Waals surface area contributed by atoms with E-state index in [9.17, 15) is 13.2 Å². The quantitative estimate of drug-likeness (QED) is 0.696. The van der Waals surface area contributed by atoms with Crippen LogP contribution in [0.25, 0.3) is 0 Å². The zero-order chi connectivity index (χ0) is 21.9. The van der Waals surface area contributed by atoms with Gasteiger partial charge in [0.25, 0.3) is 0 Å². The second-order valence-electron chi connectivity index (χ2n) is 7.54. The Hall–Kier alpha value is -2.58. The molecule has 2 aromatic rings. The number of carbonyl (C=O) groups excluding carboxylic acids is 1. The molecule has 0 aliphatic carbocycles. The highest BCUT2D eigenvalue weighted by atomic mass is 32.2. The van der Waals surface area contributed by atoms with Crippen molar-refractivity contribution in [1.29, 1.82) is 0 Å². The van der Waals surface area contributed by atoms with Crippen LogP contribution in [0.15, 0.2) is 42.5 Å². The van der Waals surface area contributed by atoms with Gasteiger partial charge in [-0.15, -0.1) is 4.83 Å². The number of ether oxygens (including phenoxy) is 1. The fourth-order valence-electron chi connectivity index (χ4n) is 3.50.